The molecule has 6 heteroatoms. The number of nitrogens with zero attached hydrogens (tertiary/aromatic N) is 1. The highest BCUT2D eigenvalue weighted by Gasteiger charge is 2.07. The molecule has 1 aromatic heterocycles. The van der Waals surface area contributed by atoms with Gasteiger partial charge in [0.15, 0.2) is 0 Å². The Balaban J connectivity index is 1.86. The standard InChI is InChI=1S/C18H23N3O3/c1-13-3-4-15(11-14(13)2)18(23)21-16-5-6-17(20-12-16)19-7-9-24-10-8-22/h3-6,11-12,22H,7-10H2,1-2H3,(H,19,20)(H,21,23). The van der Waals surface area contributed by atoms with Crippen molar-refractivity contribution < 1.29 is 14.6 Å². The quantitative estimate of drug-likeness (QED) is 0.648. The van der Waals surface area contributed by atoms with Crippen LogP contribution in [0.4, 0.5) is 11.5 Å². The number of ether oxygens (including phenoxy) is 1. The minimum atomic E-state index is -0.155. The summed E-state index contributed by atoms with van der Waals surface area (Å²) in [5.41, 5.74) is 3.51. The lowest BCUT2D eigenvalue weighted by molar-refractivity contribution is 0.0992. The van der Waals surface area contributed by atoms with Crippen molar-refractivity contribution >= 4 is 17.4 Å². The third kappa shape index (κ3) is 5.33. The summed E-state index contributed by atoms with van der Waals surface area (Å²) in [6, 6.07) is 9.22. The number of aromatic nitrogens is 1. The van der Waals surface area contributed by atoms with E-state index in [1.165, 1.54) is 0 Å². The van der Waals surface area contributed by atoms with Crippen molar-refractivity contribution in [2.45, 2.75) is 13.8 Å². The van der Waals surface area contributed by atoms with Crippen LogP contribution in [-0.4, -0.2) is 42.4 Å². The number of hydrogen-bond donors (Lipinski definition) is 3. The maximum atomic E-state index is 12.2. The van der Waals surface area contributed by atoms with Crippen molar-refractivity contribution in [3.8, 4) is 0 Å². The Kier molecular flexibility index (Phi) is 6.72. The van der Waals surface area contributed by atoms with Crippen molar-refractivity contribution in [1.29, 1.82) is 0 Å². The van der Waals surface area contributed by atoms with Gasteiger partial charge in [-0.1, -0.05) is 6.07 Å². The van der Waals surface area contributed by atoms with Gasteiger partial charge in [0, 0.05) is 12.1 Å². The van der Waals surface area contributed by atoms with E-state index in [2.05, 4.69) is 15.6 Å². The van der Waals surface area contributed by atoms with Crippen molar-refractivity contribution in [2.75, 3.05) is 37.0 Å². The molecule has 0 aliphatic rings. The smallest absolute Gasteiger partial charge is 0.255 e. The predicted molar refractivity (Wildman–Crippen MR) is 94.5 cm³/mol. The molecule has 0 saturated carbocycles. The van der Waals surface area contributed by atoms with Gasteiger partial charge in [-0.2, -0.15) is 0 Å². The number of benzene rings is 1. The molecule has 2 aromatic rings. The van der Waals surface area contributed by atoms with Gasteiger partial charge in [-0.3, -0.25) is 4.79 Å². The Hall–Kier alpha value is -2.44. The first kappa shape index (κ1) is 17.9. The molecule has 6 nitrogen and oxygen atoms in total. The van der Waals surface area contributed by atoms with Crippen LogP contribution in [0.5, 0.6) is 0 Å². The van der Waals surface area contributed by atoms with Crippen LogP contribution in [0.15, 0.2) is 36.5 Å². The van der Waals surface area contributed by atoms with Gasteiger partial charge < -0.3 is 20.5 Å². The molecular formula is C18H23N3O3. The lowest BCUT2D eigenvalue weighted by Crippen LogP contribution is -2.13. The Labute approximate surface area is 141 Å². The molecule has 0 atom stereocenters. The van der Waals surface area contributed by atoms with E-state index >= 15 is 0 Å². The summed E-state index contributed by atoms with van der Waals surface area (Å²) < 4.78 is 5.15. The lowest BCUT2D eigenvalue weighted by atomic mass is 10.1. The fraction of sp³-hybridized carbons (Fsp3) is 0.333. The zero-order valence-electron chi connectivity index (χ0n) is 14.0. The van der Waals surface area contributed by atoms with Gasteiger partial charge in [0.05, 0.1) is 31.7 Å². The SMILES string of the molecule is Cc1ccc(C(=O)Nc2ccc(NCCOCCO)nc2)cc1C. The first-order chi connectivity index (χ1) is 11.6. The van der Waals surface area contributed by atoms with Gasteiger partial charge in [0.25, 0.3) is 5.91 Å². The molecule has 0 aliphatic carbocycles. The van der Waals surface area contributed by atoms with Crippen molar-refractivity contribution in [3.63, 3.8) is 0 Å². The number of aliphatic hydroxyl groups is 1. The summed E-state index contributed by atoms with van der Waals surface area (Å²) in [4.78, 5) is 16.5. The number of rotatable bonds is 8. The summed E-state index contributed by atoms with van der Waals surface area (Å²) >= 11 is 0. The molecule has 2 rings (SSSR count). The second kappa shape index (κ2) is 9.00. The predicted octanol–water partition coefficient (Wildman–Crippen LogP) is 2.37. The van der Waals surface area contributed by atoms with Crippen molar-refractivity contribution in [2.24, 2.45) is 0 Å². The Bertz CT molecular complexity index is 672. The van der Waals surface area contributed by atoms with Crippen molar-refractivity contribution in [1.82, 2.24) is 4.98 Å². The number of aliphatic hydroxyl groups excluding tert-OH is 1. The fourth-order valence-corrected chi connectivity index (χ4v) is 2.08. The fourth-order valence-electron chi connectivity index (χ4n) is 2.08. The lowest BCUT2D eigenvalue weighted by Gasteiger charge is -2.09. The molecule has 3 N–H and O–H groups in total. The molecule has 0 saturated heterocycles. The van der Waals surface area contributed by atoms with Crippen LogP contribution in [-0.2, 0) is 4.74 Å². The Morgan fingerprint density at radius 2 is 2.00 bits per heavy atom. The van der Waals surface area contributed by atoms with E-state index in [1.54, 1.807) is 18.3 Å². The third-order valence-electron chi connectivity index (χ3n) is 3.58. The average Bonchev–Trinajstić information content (AvgIpc) is 2.58. The summed E-state index contributed by atoms with van der Waals surface area (Å²) in [5, 5.41) is 14.5. The summed E-state index contributed by atoms with van der Waals surface area (Å²) in [6.45, 7) is 5.44. The van der Waals surface area contributed by atoms with E-state index in [1.807, 2.05) is 32.0 Å². The number of aryl methyl sites for hydroxylation is 2. The number of pyridine rings is 1. The van der Waals surface area contributed by atoms with Crippen LogP contribution in [0.25, 0.3) is 0 Å². The number of hydrogen-bond acceptors (Lipinski definition) is 5. The monoisotopic (exact) mass is 329 g/mol. The molecule has 0 fully saturated rings. The number of anilines is 2. The molecule has 0 spiro atoms. The maximum absolute atomic E-state index is 12.2. The summed E-state index contributed by atoms with van der Waals surface area (Å²) in [6.07, 6.45) is 1.61. The van der Waals surface area contributed by atoms with E-state index < -0.39 is 0 Å². The zero-order valence-corrected chi connectivity index (χ0v) is 14.0. The van der Waals surface area contributed by atoms with Crippen LogP contribution in [0.1, 0.15) is 21.5 Å². The largest absolute Gasteiger partial charge is 0.394 e. The van der Waals surface area contributed by atoms with Gasteiger partial charge in [-0.15, -0.1) is 0 Å². The molecule has 0 radical (unpaired) electrons. The minimum absolute atomic E-state index is 0.0210. The molecule has 128 valence electrons. The van der Waals surface area contributed by atoms with Crippen LogP contribution in [0.3, 0.4) is 0 Å². The maximum Gasteiger partial charge on any atom is 0.255 e. The van der Waals surface area contributed by atoms with E-state index in [-0.39, 0.29) is 12.5 Å². The van der Waals surface area contributed by atoms with Gasteiger partial charge in [-0.25, -0.2) is 4.98 Å². The molecule has 24 heavy (non-hydrogen) atoms. The second-order valence-electron chi connectivity index (χ2n) is 5.45. The van der Waals surface area contributed by atoms with E-state index in [0.29, 0.717) is 36.8 Å². The van der Waals surface area contributed by atoms with Crippen LogP contribution in [0, 0.1) is 13.8 Å². The molecule has 0 unspecified atom stereocenters. The number of carbonyl (C=O) groups excluding carboxylic acids is 1. The van der Waals surface area contributed by atoms with E-state index in [0.717, 1.165) is 11.1 Å². The molecule has 0 aliphatic heterocycles. The van der Waals surface area contributed by atoms with Gasteiger partial charge >= 0.3 is 0 Å². The number of nitrogens with one attached hydrogen (secondary N) is 2. The van der Waals surface area contributed by atoms with Crippen LogP contribution in [0.2, 0.25) is 0 Å². The highest BCUT2D eigenvalue weighted by molar-refractivity contribution is 6.04. The number of amides is 1. The van der Waals surface area contributed by atoms with Gasteiger partial charge in [-0.05, 0) is 49.2 Å². The summed E-state index contributed by atoms with van der Waals surface area (Å²) in [5.74, 6) is 0.546. The van der Waals surface area contributed by atoms with Crippen molar-refractivity contribution in [3.05, 3.63) is 53.2 Å². The highest BCUT2D eigenvalue weighted by Crippen LogP contribution is 2.14. The Morgan fingerprint density at radius 1 is 1.17 bits per heavy atom. The zero-order chi connectivity index (χ0) is 17.4. The highest BCUT2D eigenvalue weighted by atomic mass is 16.5. The Morgan fingerprint density at radius 3 is 2.67 bits per heavy atom. The van der Waals surface area contributed by atoms with Gasteiger partial charge in [0.1, 0.15) is 5.82 Å². The molecule has 1 heterocycles. The van der Waals surface area contributed by atoms with Gasteiger partial charge in [0.2, 0.25) is 0 Å². The second-order valence-corrected chi connectivity index (χ2v) is 5.45. The summed E-state index contributed by atoms with van der Waals surface area (Å²) in [7, 11) is 0. The van der Waals surface area contributed by atoms with E-state index in [9.17, 15) is 4.79 Å². The average molecular weight is 329 g/mol. The normalized spacial score (nSPS) is 10.5. The minimum Gasteiger partial charge on any atom is -0.394 e. The third-order valence-corrected chi connectivity index (χ3v) is 3.58. The molecule has 0 bridgehead atoms. The van der Waals surface area contributed by atoms with Crippen LogP contribution >= 0.6 is 0 Å². The number of carbonyl (C=O) groups is 1. The molecule has 1 amide bonds. The molecular weight excluding hydrogens is 306 g/mol. The van der Waals surface area contributed by atoms with E-state index in [4.69, 9.17) is 9.84 Å². The topological polar surface area (TPSA) is 83.5 Å². The first-order valence-electron chi connectivity index (χ1n) is 7.87. The molecule has 1 aromatic carbocycles. The van der Waals surface area contributed by atoms with Crippen LogP contribution < -0.4 is 10.6 Å². The first-order valence-corrected chi connectivity index (χ1v) is 7.87.